The lowest BCUT2D eigenvalue weighted by Crippen LogP contribution is -2.21. The number of esters is 1. The van der Waals surface area contributed by atoms with Gasteiger partial charge in [-0.2, -0.15) is 13.2 Å². The van der Waals surface area contributed by atoms with Crippen LogP contribution in [-0.2, 0) is 9.53 Å². The van der Waals surface area contributed by atoms with Gasteiger partial charge >= 0.3 is 12.1 Å². The van der Waals surface area contributed by atoms with E-state index >= 15 is 0 Å². The monoisotopic (exact) mass is 183 g/mol. The molecule has 0 bridgehead atoms. The predicted octanol–water partition coefficient (Wildman–Crippen LogP) is 1.52. The smallest absolute Gasteiger partial charge is 0.422 e. The zero-order chi connectivity index (χ0) is 9.78. The molecular weight excluding hydrogens is 175 g/mol. The molecule has 0 aromatic heterocycles. The molecule has 70 valence electrons. The van der Waals surface area contributed by atoms with E-state index in [-0.39, 0.29) is 5.71 Å². The van der Waals surface area contributed by atoms with Crippen molar-refractivity contribution >= 4 is 11.7 Å². The second-order valence-electron chi connectivity index (χ2n) is 2.23. The molecule has 0 rings (SSSR count). The zero-order valence-corrected chi connectivity index (χ0v) is 6.36. The molecule has 0 aliphatic carbocycles. The Labute approximate surface area is 67.0 Å². The van der Waals surface area contributed by atoms with Gasteiger partial charge in [0.1, 0.15) is 0 Å². The van der Waals surface area contributed by atoms with Gasteiger partial charge in [0.2, 0.25) is 0 Å². The first kappa shape index (κ1) is 10.9. The zero-order valence-electron chi connectivity index (χ0n) is 6.36. The van der Waals surface area contributed by atoms with Crippen molar-refractivity contribution in [1.29, 1.82) is 5.41 Å². The maximum atomic E-state index is 11.4. The minimum atomic E-state index is -4.49. The fourth-order valence-electron chi connectivity index (χ4n) is 0.430. The van der Waals surface area contributed by atoms with Gasteiger partial charge in [-0.3, -0.25) is 4.79 Å². The molecule has 12 heavy (non-hydrogen) atoms. The average Bonchev–Trinajstić information content (AvgIpc) is 1.80. The molecule has 0 saturated heterocycles. The summed E-state index contributed by atoms with van der Waals surface area (Å²) in [5.41, 5.74) is -0.0258. The summed E-state index contributed by atoms with van der Waals surface area (Å²) in [6.45, 7) is -0.270. The first-order valence-electron chi connectivity index (χ1n) is 3.07. The summed E-state index contributed by atoms with van der Waals surface area (Å²) in [6, 6.07) is 0. The topological polar surface area (TPSA) is 50.2 Å². The van der Waals surface area contributed by atoms with Crippen molar-refractivity contribution in [3.05, 3.63) is 0 Å². The largest absolute Gasteiger partial charge is 0.456 e. The summed E-state index contributed by atoms with van der Waals surface area (Å²) in [4.78, 5) is 10.4. The number of hydrogen-bond donors (Lipinski definition) is 1. The first-order valence-corrected chi connectivity index (χ1v) is 3.07. The van der Waals surface area contributed by atoms with Gasteiger partial charge in [0.25, 0.3) is 0 Å². The predicted molar refractivity (Wildman–Crippen MR) is 35.0 cm³/mol. The van der Waals surface area contributed by atoms with Crippen LogP contribution in [-0.4, -0.2) is 24.5 Å². The van der Waals surface area contributed by atoms with Gasteiger partial charge < -0.3 is 10.1 Å². The fraction of sp³-hybridized carbons (Fsp3) is 0.667. The highest BCUT2D eigenvalue weighted by molar-refractivity contribution is 5.95. The molecule has 0 aliphatic rings. The number of rotatable bonds is 3. The molecule has 1 N–H and O–H groups in total. The number of halogens is 3. The number of nitrogens with one attached hydrogen (secondary N) is 1. The van der Waals surface area contributed by atoms with Crippen molar-refractivity contribution in [2.24, 2.45) is 0 Å². The van der Waals surface area contributed by atoms with E-state index in [0.29, 0.717) is 0 Å². The van der Waals surface area contributed by atoms with Gasteiger partial charge in [0.15, 0.2) is 6.61 Å². The van der Waals surface area contributed by atoms with E-state index < -0.39 is 25.2 Å². The average molecular weight is 183 g/mol. The lowest BCUT2D eigenvalue weighted by molar-refractivity contribution is -0.185. The minimum Gasteiger partial charge on any atom is -0.456 e. The van der Waals surface area contributed by atoms with Crippen molar-refractivity contribution in [1.82, 2.24) is 0 Å². The Kier molecular flexibility index (Phi) is 3.72. The van der Waals surface area contributed by atoms with Crippen LogP contribution in [0.15, 0.2) is 0 Å². The van der Waals surface area contributed by atoms with Crippen LogP contribution >= 0.6 is 0 Å². The van der Waals surface area contributed by atoms with Gasteiger partial charge in [-0.25, -0.2) is 0 Å². The van der Waals surface area contributed by atoms with Crippen LogP contribution in [0.4, 0.5) is 13.2 Å². The number of carbonyl (C=O) groups is 1. The maximum Gasteiger partial charge on any atom is 0.422 e. The third kappa shape index (κ3) is 7.04. The fourth-order valence-corrected chi connectivity index (χ4v) is 0.430. The van der Waals surface area contributed by atoms with Crippen LogP contribution in [0.1, 0.15) is 13.3 Å². The van der Waals surface area contributed by atoms with Crippen LogP contribution in [0.2, 0.25) is 0 Å². The standard InChI is InChI=1S/C6H8F3NO2/c1-4(10)2-5(11)12-3-6(7,8)9/h10H,2-3H2,1H3. The quantitative estimate of drug-likeness (QED) is 0.532. The van der Waals surface area contributed by atoms with Gasteiger partial charge in [-0.05, 0) is 6.92 Å². The highest BCUT2D eigenvalue weighted by Crippen LogP contribution is 2.14. The summed E-state index contributed by atoms with van der Waals surface area (Å²) in [7, 11) is 0. The van der Waals surface area contributed by atoms with Crippen molar-refractivity contribution < 1.29 is 22.7 Å². The second kappa shape index (κ2) is 4.08. The van der Waals surface area contributed by atoms with Crippen molar-refractivity contribution in [3.63, 3.8) is 0 Å². The van der Waals surface area contributed by atoms with Gasteiger partial charge in [0.05, 0.1) is 6.42 Å². The molecule has 0 aromatic rings. The first-order chi connectivity index (χ1) is 5.31. The summed E-state index contributed by atoms with van der Waals surface area (Å²) >= 11 is 0. The summed E-state index contributed by atoms with van der Waals surface area (Å²) in [5.74, 6) is -1.03. The molecule has 0 aromatic carbocycles. The van der Waals surface area contributed by atoms with E-state index in [0.717, 1.165) is 0 Å². The van der Waals surface area contributed by atoms with Crippen molar-refractivity contribution in [3.8, 4) is 0 Å². The third-order valence-electron chi connectivity index (χ3n) is 0.806. The van der Waals surface area contributed by atoms with Crippen molar-refractivity contribution in [2.75, 3.05) is 6.61 Å². The number of ether oxygens (including phenoxy) is 1. The van der Waals surface area contributed by atoms with E-state index in [4.69, 9.17) is 5.41 Å². The molecule has 0 aliphatic heterocycles. The highest BCUT2D eigenvalue weighted by atomic mass is 19.4. The molecule has 0 amide bonds. The Balaban J connectivity index is 3.65. The Morgan fingerprint density at radius 3 is 2.33 bits per heavy atom. The van der Waals surface area contributed by atoms with E-state index in [9.17, 15) is 18.0 Å². The lowest BCUT2D eigenvalue weighted by Gasteiger charge is -2.06. The number of carbonyl (C=O) groups excluding carboxylic acids is 1. The third-order valence-corrected chi connectivity index (χ3v) is 0.806. The van der Waals surface area contributed by atoms with Crippen LogP contribution in [0.25, 0.3) is 0 Å². The van der Waals surface area contributed by atoms with E-state index in [1.807, 2.05) is 0 Å². The Hall–Kier alpha value is -1.07. The molecule has 0 saturated carbocycles. The van der Waals surface area contributed by atoms with E-state index in [1.165, 1.54) is 6.92 Å². The summed E-state index contributed by atoms with van der Waals surface area (Å²) in [6.07, 6.45) is -4.89. The molecule has 0 atom stereocenters. The number of alkyl halides is 3. The Morgan fingerprint density at radius 2 is 2.00 bits per heavy atom. The van der Waals surface area contributed by atoms with Gasteiger partial charge in [0, 0.05) is 5.71 Å². The van der Waals surface area contributed by atoms with Crippen LogP contribution in [0.3, 0.4) is 0 Å². The maximum absolute atomic E-state index is 11.4. The molecule has 6 heteroatoms. The van der Waals surface area contributed by atoms with Crippen LogP contribution in [0.5, 0.6) is 0 Å². The molecule has 0 fully saturated rings. The van der Waals surface area contributed by atoms with Crippen LogP contribution < -0.4 is 0 Å². The number of hydrogen-bond acceptors (Lipinski definition) is 3. The van der Waals surface area contributed by atoms with E-state index in [1.54, 1.807) is 0 Å². The minimum absolute atomic E-state index is 0.0258. The highest BCUT2D eigenvalue weighted by Gasteiger charge is 2.29. The van der Waals surface area contributed by atoms with Crippen LogP contribution in [0, 0.1) is 5.41 Å². The summed E-state index contributed by atoms with van der Waals surface area (Å²) < 4.78 is 38.1. The second-order valence-corrected chi connectivity index (χ2v) is 2.23. The molecule has 0 heterocycles. The summed E-state index contributed by atoms with van der Waals surface area (Å²) in [5, 5.41) is 6.78. The lowest BCUT2D eigenvalue weighted by atomic mass is 10.3. The molecule has 3 nitrogen and oxygen atoms in total. The van der Waals surface area contributed by atoms with E-state index in [2.05, 4.69) is 4.74 Å². The molecule has 0 radical (unpaired) electrons. The molecular formula is C6H8F3NO2. The molecule has 0 spiro atoms. The SMILES string of the molecule is CC(=N)CC(=O)OCC(F)(F)F. The van der Waals surface area contributed by atoms with Gasteiger partial charge in [-0.1, -0.05) is 0 Å². The van der Waals surface area contributed by atoms with Crippen molar-refractivity contribution in [2.45, 2.75) is 19.5 Å². The normalized spacial score (nSPS) is 11.0. The Morgan fingerprint density at radius 1 is 1.50 bits per heavy atom. The van der Waals surface area contributed by atoms with Gasteiger partial charge in [-0.15, -0.1) is 0 Å². The Bertz CT molecular complexity index is 188. The molecule has 0 unspecified atom stereocenters.